The topological polar surface area (TPSA) is 38.3 Å². The predicted molar refractivity (Wildman–Crippen MR) is 103 cm³/mol. The van der Waals surface area contributed by atoms with Crippen molar-refractivity contribution < 1.29 is 9.53 Å². The average Bonchev–Trinajstić information content (AvgIpc) is 2.48. The van der Waals surface area contributed by atoms with Crippen molar-refractivity contribution in [2.45, 2.75) is 33.1 Å². The van der Waals surface area contributed by atoms with Gasteiger partial charge in [0.05, 0.1) is 4.47 Å². The van der Waals surface area contributed by atoms with E-state index in [4.69, 9.17) is 16.3 Å². The Balaban J connectivity index is 1.99. The van der Waals surface area contributed by atoms with E-state index in [0.29, 0.717) is 10.8 Å². The molecule has 0 heterocycles. The molecule has 2 aromatic rings. The van der Waals surface area contributed by atoms with Gasteiger partial charge in [0.1, 0.15) is 5.75 Å². The standard InChI is InChI=1S/C19H21BrClNO2/c1-12-9-14(21)6-7-16(12)22-18(23)11-24-17-8-5-13(10-15(17)20)19(2,3)4/h5-10H,11H2,1-4H3,(H,22,23). The van der Waals surface area contributed by atoms with Crippen LogP contribution in [0.1, 0.15) is 31.9 Å². The molecule has 2 rings (SSSR count). The van der Waals surface area contributed by atoms with Crippen molar-refractivity contribution in [3.05, 3.63) is 57.0 Å². The number of halogens is 2. The third kappa shape index (κ3) is 4.99. The molecular formula is C19H21BrClNO2. The minimum Gasteiger partial charge on any atom is -0.483 e. The average molecular weight is 411 g/mol. The van der Waals surface area contributed by atoms with Gasteiger partial charge in [0.25, 0.3) is 5.91 Å². The first kappa shape index (κ1) is 18.8. The molecule has 0 aliphatic heterocycles. The summed E-state index contributed by atoms with van der Waals surface area (Å²) in [5.74, 6) is 0.429. The third-order valence-electron chi connectivity index (χ3n) is 3.62. The van der Waals surface area contributed by atoms with Crippen molar-refractivity contribution in [3.8, 4) is 5.75 Å². The lowest BCUT2D eigenvalue weighted by molar-refractivity contribution is -0.118. The van der Waals surface area contributed by atoms with Crippen LogP contribution in [0.15, 0.2) is 40.9 Å². The summed E-state index contributed by atoms with van der Waals surface area (Å²) in [6.45, 7) is 8.28. The first-order valence-electron chi connectivity index (χ1n) is 7.65. The van der Waals surface area contributed by atoms with Gasteiger partial charge in [-0.1, -0.05) is 38.4 Å². The first-order valence-corrected chi connectivity index (χ1v) is 8.83. The van der Waals surface area contributed by atoms with Crippen molar-refractivity contribution in [2.75, 3.05) is 11.9 Å². The number of ether oxygens (including phenoxy) is 1. The molecule has 5 heteroatoms. The molecule has 0 aliphatic carbocycles. The Morgan fingerprint density at radius 1 is 1.21 bits per heavy atom. The maximum Gasteiger partial charge on any atom is 0.262 e. The summed E-state index contributed by atoms with van der Waals surface area (Å²) in [4.78, 5) is 12.1. The Morgan fingerprint density at radius 2 is 1.92 bits per heavy atom. The van der Waals surface area contributed by atoms with E-state index in [2.05, 4.69) is 42.0 Å². The molecule has 0 saturated heterocycles. The van der Waals surface area contributed by atoms with Gasteiger partial charge in [-0.15, -0.1) is 0 Å². The lowest BCUT2D eigenvalue weighted by Gasteiger charge is -2.20. The molecule has 0 fully saturated rings. The number of aryl methyl sites for hydroxylation is 1. The molecule has 1 amide bonds. The van der Waals surface area contributed by atoms with Gasteiger partial charge in [-0.3, -0.25) is 4.79 Å². The number of hydrogen-bond acceptors (Lipinski definition) is 2. The Labute approximate surface area is 156 Å². The smallest absolute Gasteiger partial charge is 0.262 e. The molecule has 24 heavy (non-hydrogen) atoms. The summed E-state index contributed by atoms with van der Waals surface area (Å²) in [6.07, 6.45) is 0. The van der Waals surface area contributed by atoms with Crippen LogP contribution >= 0.6 is 27.5 Å². The fourth-order valence-electron chi connectivity index (χ4n) is 2.18. The summed E-state index contributed by atoms with van der Waals surface area (Å²) >= 11 is 9.42. The normalized spacial score (nSPS) is 11.2. The van der Waals surface area contributed by atoms with Crippen LogP contribution in [0.3, 0.4) is 0 Å². The monoisotopic (exact) mass is 409 g/mol. The second kappa shape index (κ2) is 7.58. The summed E-state index contributed by atoms with van der Waals surface area (Å²) < 4.78 is 6.46. The van der Waals surface area contributed by atoms with Crippen LogP contribution in [0.2, 0.25) is 5.02 Å². The Bertz CT molecular complexity index is 754. The highest BCUT2D eigenvalue weighted by atomic mass is 79.9. The van der Waals surface area contributed by atoms with Gasteiger partial charge in [0.2, 0.25) is 0 Å². The van der Waals surface area contributed by atoms with Gasteiger partial charge in [-0.25, -0.2) is 0 Å². The van der Waals surface area contributed by atoms with E-state index in [-0.39, 0.29) is 17.9 Å². The van der Waals surface area contributed by atoms with E-state index in [1.165, 1.54) is 5.56 Å². The second-order valence-corrected chi connectivity index (χ2v) is 7.98. The van der Waals surface area contributed by atoms with Crippen molar-refractivity contribution in [3.63, 3.8) is 0 Å². The van der Waals surface area contributed by atoms with Crippen molar-refractivity contribution in [1.29, 1.82) is 0 Å². The highest BCUT2D eigenvalue weighted by Gasteiger charge is 2.15. The molecule has 0 aliphatic rings. The number of carbonyl (C=O) groups is 1. The zero-order chi connectivity index (χ0) is 17.9. The minimum absolute atomic E-state index is 0.0600. The van der Waals surface area contributed by atoms with Crippen LogP contribution in [0, 0.1) is 6.92 Å². The minimum atomic E-state index is -0.216. The predicted octanol–water partition coefficient (Wildman–Crippen LogP) is 5.73. The van der Waals surface area contributed by atoms with Crippen LogP contribution in [-0.2, 0) is 10.2 Å². The third-order valence-corrected chi connectivity index (χ3v) is 4.47. The molecule has 128 valence electrons. The van der Waals surface area contributed by atoms with E-state index < -0.39 is 0 Å². The molecule has 0 saturated carbocycles. The second-order valence-electron chi connectivity index (χ2n) is 6.69. The van der Waals surface area contributed by atoms with Crippen LogP contribution < -0.4 is 10.1 Å². The zero-order valence-corrected chi connectivity index (χ0v) is 16.6. The number of hydrogen-bond donors (Lipinski definition) is 1. The largest absolute Gasteiger partial charge is 0.483 e. The van der Waals surface area contributed by atoms with E-state index in [1.54, 1.807) is 18.2 Å². The van der Waals surface area contributed by atoms with Gasteiger partial charge < -0.3 is 10.1 Å². The summed E-state index contributed by atoms with van der Waals surface area (Å²) in [6, 6.07) is 11.2. The van der Waals surface area contributed by atoms with Crippen LogP contribution in [-0.4, -0.2) is 12.5 Å². The zero-order valence-electron chi connectivity index (χ0n) is 14.2. The molecule has 0 atom stereocenters. The van der Waals surface area contributed by atoms with Crippen LogP contribution in [0.4, 0.5) is 5.69 Å². The highest BCUT2D eigenvalue weighted by molar-refractivity contribution is 9.10. The van der Waals surface area contributed by atoms with Crippen molar-refractivity contribution >= 4 is 39.1 Å². The van der Waals surface area contributed by atoms with E-state index in [9.17, 15) is 4.79 Å². The molecule has 1 N–H and O–H groups in total. The Hall–Kier alpha value is -1.52. The van der Waals surface area contributed by atoms with Gasteiger partial charge >= 0.3 is 0 Å². The number of carbonyl (C=O) groups excluding carboxylic acids is 1. The number of amides is 1. The molecule has 0 aromatic heterocycles. The number of anilines is 1. The Kier molecular flexibility index (Phi) is 5.94. The fourth-order valence-corrected chi connectivity index (χ4v) is 2.90. The first-order chi connectivity index (χ1) is 11.2. The maximum atomic E-state index is 12.1. The lowest BCUT2D eigenvalue weighted by atomic mass is 9.87. The molecule has 2 aromatic carbocycles. The summed E-state index contributed by atoms with van der Waals surface area (Å²) in [5, 5.41) is 3.47. The van der Waals surface area contributed by atoms with Gasteiger partial charge in [0, 0.05) is 10.7 Å². The summed E-state index contributed by atoms with van der Waals surface area (Å²) in [5.41, 5.74) is 2.90. The van der Waals surface area contributed by atoms with Crippen molar-refractivity contribution in [1.82, 2.24) is 0 Å². The van der Waals surface area contributed by atoms with Crippen LogP contribution in [0.5, 0.6) is 5.75 Å². The quantitative estimate of drug-likeness (QED) is 0.699. The van der Waals surface area contributed by atoms with Gasteiger partial charge in [-0.05, 0) is 69.7 Å². The van der Waals surface area contributed by atoms with Crippen LogP contribution in [0.25, 0.3) is 0 Å². The van der Waals surface area contributed by atoms with Gasteiger partial charge in [0.15, 0.2) is 6.61 Å². The number of nitrogens with one attached hydrogen (secondary N) is 1. The molecule has 3 nitrogen and oxygen atoms in total. The molecule has 0 radical (unpaired) electrons. The summed E-state index contributed by atoms with van der Waals surface area (Å²) in [7, 11) is 0. The van der Waals surface area contributed by atoms with E-state index >= 15 is 0 Å². The Morgan fingerprint density at radius 3 is 2.50 bits per heavy atom. The lowest BCUT2D eigenvalue weighted by Crippen LogP contribution is -2.21. The highest BCUT2D eigenvalue weighted by Crippen LogP contribution is 2.31. The maximum absolute atomic E-state index is 12.1. The fraction of sp³-hybridized carbons (Fsp3) is 0.316. The molecule has 0 unspecified atom stereocenters. The van der Waals surface area contributed by atoms with Crippen molar-refractivity contribution in [2.24, 2.45) is 0 Å². The van der Waals surface area contributed by atoms with E-state index in [1.807, 2.05) is 25.1 Å². The number of benzene rings is 2. The molecular weight excluding hydrogens is 390 g/mol. The SMILES string of the molecule is Cc1cc(Cl)ccc1NC(=O)COc1ccc(C(C)(C)C)cc1Br. The number of rotatable bonds is 4. The molecule has 0 bridgehead atoms. The molecule has 0 spiro atoms. The van der Waals surface area contributed by atoms with Gasteiger partial charge in [-0.2, -0.15) is 0 Å². The van der Waals surface area contributed by atoms with E-state index in [0.717, 1.165) is 15.7 Å².